The molecule has 0 heterocycles. The van der Waals surface area contributed by atoms with Crippen molar-refractivity contribution < 1.29 is 27.4 Å². The topological polar surface area (TPSA) is 35.5 Å². The second kappa shape index (κ2) is 5.27. The first-order chi connectivity index (χ1) is 7.79. The molecule has 1 unspecified atom stereocenters. The average molecular weight is 269 g/mol. The van der Waals surface area contributed by atoms with Crippen molar-refractivity contribution in [2.75, 3.05) is 0 Å². The highest BCUT2D eigenvalue weighted by molar-refractivity contribution is 6.19. The lowest BCUT2D eigenvalue weighted by Crippen LogP contribution is -2.14. The van der Waals surface area contributed by atoms with Crippen LogP contribution in [-0.4, -0.2) is 11.7 Å². The first-order valence-electron chi connectivity index (χ1n) is 4.49. The number of carbonyl (C=O) groups excluding carboxylic acids is 1. The van der Waals surface area contributed by atoms with Crippen LogP contribution >= 0.6 is 11.6 Å². The molecule has 3 nitrogen and oxygen atoms in total. The lowest BCUT2D eigenvalue weighted by Gasteiger charge is -2.09. The van der Waals surface area contributed by atoms with Gasteiger partial charge in [0.15, 0.2) is 5.56 Å². The van der Waals surface area contributed by atoms with E-state index in [1.54, 1.807) is 0 Å². The summed E-state index contributed by atoms with van der Waals surface area (Å²) in [6, 6.07) is 3.63. The van der Waals surface area contributed by atoms with Gasteiger partial charge in [-0.1, -0.05) is 11.6 Å². The van der Waals surface area contributed by atoms with E-state index in [2.05, 4.69) is 9.47 Å². The summed E-state index contributed by atoms with van der Waals surface area (Å²) < 4.78 is 45.6. The van der Waals surface area contributed by atoms with Crippen LogP contribution in [0.2, 0.25) is 0 Å². The van der Waals surface area contributed by atoms with Crippen molar-refractivity contribution in [1.82, 2.24) is 0 Å². The molecule has 0 aliphatic carbocycles. The smallest absolute Gasteiger partial charge is 0.415 e. The van der Waals surface area contributed by atoms with E-state index in [1.165, 1.54) is 6.92 Å². The van der Waals surface area contributed by atoms with E-state index in [1.807, 2.05) is 0 Å². The van der Waals surface area contributed by atoms with Crippen LogP contribution in [0.25, 0.3) is 0 Å². The van der Waals surface area contributed by atoms with Crippen LogP contribution in [0.3, 0.4) is 0 Å². The summed E-state index contributed by atoms with van der Waals surface area (Å²) in [5.74, 6) is -0.0553. The Balaban J connectivity index is 2.66. The second-order valence-electron chi connectivity index (χ2n) is 3.04. The van der Waals surface area contributed by atoms with Gasteiger partial charge in [-0.3, -0.25) is 0 Å². The zero-order chi connectivity index (χ0) is 13.1. The Labute approximate surface area is 100 Å². The van der Waals surface area contributed by atoms with E-state index in [9.17, 15) is 18.0 Å². The largest absolute Gasteiger partial charge is 0.515 e. The van der Waals surface area contributed by atoms with Crippen LogP contribution in [-0.2, 0) is 10.9 Å². The Morgan fingerprint density at radius 3 is 2.24 bits per heavy atom. The first-order valence-corrected chi connectivity index (χ1v) is 4.92. The minimum Gasteiger partial charge on any atom is -0.415 e. The molecule has 0 aliphatic heterocycles. The van der Waals surface area contributed by atoms with Gasteiger partial charge in [0, 0.05) is 0 Å². The maximum atomic E-state index is 12.2. The molecule has 7 heteroatoms. The molecule has 0 fully saturated rings. The zero-order valence-electron chi connectivity index (χ0n) is 8.62. The van der Waals surface area contributed by atoms with Crippen molar-refractivity contribution in [3.8, 4) is 5.75 Å². The van der Waals surface area contributed by atoms with Gasteiger partial charge in [-0.2, -0.15) is 13.2 Å². The molecule has 0 bridgehead atoms. The van der Waals surface area contributed by atoms with Gasteiger partial charge in [0.1, 0.15) is 5.75 Å². The van der Waals surface area contributed by atoms with E-state index in [4.69, 9.17) is 11.6 Å². The summed E-state index contributed by atoms with van der Waals surface area (Å²) in [5, 5.41) is 0. The van der Waals surface area contributed by atoms with Gasteiger partial charge in [0.05, 0.1) is 5.56 Å². The second-order valence-corrected chi connectivity index (χ2v) is 3.65. The van der Waals surface area contributed by atoms with Crippen molar-refractivity contribution in [2.24, 2.45) is 0 Å². The molecule has 0 amide bonds. The Bertz CT molecular complexity index is 387. The first kappa shape index (κ1) is 13.6. The third-order valence-electron chi connectivity index (χ3n) is 1.64. The minimum atomic E-state index is -4.43. The average Bonchev–Trinajstić information content (AvgIpc) is 2.15. The van der Waals surface area contributed by atoms with Gasteiger partial charge in [0.2, 0.25) is 0 Å². The molecule has 1 rings (SSSR count). The highest BCUT2D eigenvalue weighted by Gasteiger charge is 2.30. The van der Waals surface area contributed by atoms with E-state index in [0.29, 0.717) is 0 Å². The van der Waals surface area contributed by atoms with Crippen LogP contribution in [0.1, 0.15) is 12.5 Å². The summed E-state index contributed by atoms with van der Waals surface area (Å²) in [5.41, 5.74) is -1.71. The van der Waals surface area contributed by atoms with Crippen molar-refractivity contribution in [1.29, 1.82) is 0 Å². The van der Waals surface area contributed by atoms with Crippen molar-refractivity contribution >= 4 is 17.8 Å². The van der Waals surface area contributed by atoms with Gasteiger partial charge in [-0.15, -0.1) is 0 Å². The predicted octanol–water partition coefficient (Wildman–Crippen LogP) is 3.81. The highest BCUT2D eigenvalue weighted by Crippen LogP contribution is 2.30. The van der Waals surface area contributed by atoms with Gasteiger partial charge < -0.3 is 9.47 Å². The molecule has 1 aromatic rings. The van der Waals surface area contributed by atoms with Gasteiger partial charge in [-0.05, 0) is 31.2 Å². The lowest BCUT2D eigenvalue weighted by atomic mass is 10.2. The Hall–Kier alpha value is -1.43. The fourth-order valence-corrected chi connectivity index (χ4v) is 1.04. The van der Waals surface area contributed by atoms with E-state index >= 15 is 0 Å². The molecule has 0 aliphatic rings. The molecule has 0 aromatic heterocycles. The summed E-state index contributed by atoms with van der Waals surface area (Å²) in [7, 11) is 0. The quantitative estimate of drug-likeness (QED) is 0.465. The molecule has 0 saturated heterocycles. The van der Waals surface area contributed by atoms with Crippen molar-refractivity contribution in [2.45, 2.75) is 18.7 Å². The van der Waals surface area contributed by atoms with E-state index in [-0.39, 0.29) is 5.75 Å². The van der Waals surface area contributed by atoms with Crippen molar-refractivity contribution in [3.05, 3.63) is 29.8 Å². The molecule has 0 spiro atoms. The van der Waals surface area contributed by atoms with Crippen LogP contribution in [0.15, 0.2) is 24.3 Å². The fourth-order valence-electron chi connectivity index (χ4n) is 0.965. The number of rotatable bonds is 2. The van der Waals surface area contributed by atoms with E-state index < -0.39 is 23.5 Å². The standard InChI is InChI=1S/C10H8ClF3O3/c1-6(11)16-9(15)17-8-4-2-7(3-5-8)10(12,13)14/h2-6H,1H3. The molecule has 1 aromatic carbocycles. The highest BCUT2D eigenvalue weighted by atomic mass is 35.5. The third-order valence-corrected chi connectivity index (χ3v) is 1.73. The normalized spacial score (nSPS) is 13.0. The fraction of sp³-hybridized carbons (Fsp3) is 0.300. The molecule has 17 heavy (non-hydrogen) atoms. The summed E-state index contributed by atoms with van der Waals surface area (Å²) in [4.78, 5) is 11.0. The monoisotopic (exact) mass is 268 g/mol. The number of halogens is 4. The van der Waals surface area contributed by atoms with Gasteiger partial charge in [-0.25, -0.2) is 4.79 Å². The lowest BCUT2D eigenvalue weighted by molar-refractivity contribution is -0.137. The number of ether oxygens (including phenoxy) is 2. The Morgan fingerprint density at radius 2 is 1.82 bits per heavy atom. The number of benzene rings is 1. The Morgan fingerprint density at radius 1 is 1.29 bits per heavy atom. The summed E-state index contributed by atoms with van der Waals surface area (Å²) in [6.07, 6.45) is -5.50. The minimum absolute atomic E-state index is 0.0553. The molecule has 94 valence electrons. The van der Waals surface area contributed by atoms with Crippen LogP contribution in [0.4, 0.5) is 18.0 Å². The van der Waals surface area contributed by atoms with Gasteiger partial charge >= 0.3 is 12.3 Å². The molecule has 0 radical (unpaired) electrons. The Kier molecular flexibility index (Phi) is 4.22. The van der Waals surface area contributed by atoms with Gasteiger partial charge in [0.25, 0.3) is 0 Å². The number of alkyl halides is 4. The van der Waals surface area contributed by atoms with Crippen LogP contribution < -0.4 is 4.74 Å². The summed E-state index contributed by atoms with van der Waals surface area (Å²) >= 11 is 5.35. The van der Waals surface area contributed by atoms with Crippen LogP contribution in [0, 0.1) is 0 Å². The number of hydrogen-bond donors (Lipinski definition) is 0. The molecular weight excluding hydrogens is 261 g/mol. The maximum Gasteiger partial charge on any atom is 0.515 e. The van der Waals surface area contributed by atoms with Crippen LogP contribution in [0.5, 0.6) is 5.75 Å². The van der Waals surface area contributed by atoms with E-state index in [0.717, 1.165) is 24.3 Å². The zero-order valence-corrected chi connectivity index (χ0v) is 9.38. The van der Waals surface area contributed by atoms with Crippen molar-refractivity contribution in [3.63, 3.8) is 0 Å². The number of hydrogen-bond acceptors (Lipinski definition) is 3. The predicted molar refractivity (Wildman–Crippen MR) is 53.9 cm³/mol. The summed E-state index contributed by atoms with van der Waals surface area (Å²) in [6.45, 7) is 1.40. The molecule has 1 atom stereocenters. The molecular formula is C10H8ClF3O3. The third kappa shape index (κ3) is 4.52. The number of carbonyl (C=O) groups is 1. The molecule has 0 saturated carbocycles. The maximum absolute atomic E-state index is 12.2. The SMILES string of the molecule is CC(Cl)OC(=O)Oc1ccc(C(F)(F)F)cc1. The molecule has 0 N–H and O–H groups in total.